The molecule has 2 unspecified atom stereocenters. The van der Waals surface area contributed by atoms with Gasteiger partial charge in [0.2, 0.25) is 0 Å². The lowest BCUT2D eigenvalue weighted by Crippen LogP contribution is -2.27. The molecule has 1 saturated heterocycles. The molecule has 2 heteroatoms. The van der Waals surface area contributed by atoms with Gasteiger partial charge in [0.25, 0.3) is 0 Å². The van der Waals surface area contributed by atoms with Crippen LogP contribution in [0.1, 0.15) is 44.9 Å². The number of ether oxygens (including phenoxy) is 1. The lowest BCUT2D eigenvalue weighted by Gasteiger charge is -2.28. The molecular formula is C12H19NO. The Balaban J connectivity index is 1.93. The van der Waals surface area contributed by atoms with Gasteiger partial charge in [-0.05, 0) is 31.6 Å². The molecule has 0 aromatic heterocycles. The molecule has 0 aromatic carbocycles. The smallest absolute Gasteiger partial charge is 0.0753 e. The summed E-state index contributed by atoms with van der Waals surface area (Å²) in [4.78, 5) is 0. The minimum Gasteiger partial charge on any atom is -0.377 e. The zero-order chi connectivity index (χ0) is 9.80. The van der Waals surface area contributed by atoms with E-state index in [9.17, 15) is 5.26 Å². The van der Waals surface area contributed by atoms with Crippen LogP contribution in [0.2, 0.25) is 0 Å². The quantitative estimate of drug-likeness (QED) is 0.675. The van der Waals surface area contributed by atoms with Crippen molar-refractivity contribution in [2.45, 2.75) is 51.0 Å². The Morgan fingerprint density at radius 2 is 1.86 bits per heavy atom. The topological polar surface area (TPSA) is 33.0 Å². The van der Waals surface area contributed by atoms with Gasteiger partial charge >= 0.3 is 0 Å². The molecule has 0 radical (unpaired) electrons. The van der Waals surface area contributed by atoms with Crippen LogP contribution in [0.15, 0.2) is 0 Å². The lowest BCUT2D eigenvalue weighted by molar-refractivity contribution is 0.0523. The molecule has 0 bridgehead atoms. The first kappa shape index (κ1) is 9.98. The van der Waals surface area contributed by atoms with Crippen LogP contribution in [0.3, 0.4) is 0 Å². The molecule has 78 valence electrons. The van der Waals surface area contributed by atoms with E-state index in [1.165, 1.54) is 32.1 Å². The predicted octanol–water partition coefficient (Wildman–Crippen LogP) is 2.89. The predicted molar refractivity (Wildman–Crippen MR) is 54.7 cm³/mol. The molecular weight excluding hydrogens is 174 g/mol. The number of nitrogens with zero attached hydrogens (tertiary/aromatic N) is 1. The van der Waals surface area contributed by atoms with Gasteiger partial charge in [0.1, 0.15) is 0 Å². The first-order valence-corrected chi connectivity index (χ1v) is 5.93. The molecule has 0 N–H and O–H groups in total. The average molecular weight is 193 g/mol. The maximum Gasteiger partial charge on any atom is 0.0753 e. The van der Waals surface area contributed by atoms with Gasteiger partial charge < -0.3 is 4.74 Å². The highest BCUT2D eigenvalue weighted by Crippen LogP contribution is 2.35. The molecule has 0 amide bonds. The third-order valence-corrected chi connectivity index (χ3v) is 3.67. The van der Waals surface area contributed by atoms with Crippen LogP contribution in [-0.2, 0) is 4.74 Å². The lowest BCUT2D eigenvalue weighted by atomic mass is 9.77. The second-order valence-corrected chi connectivity index (χ2v) is 4.60. The van der Waals surface area contributed by atoms with E-state index < -0.39 is 0 Å². The molecule has 2 fully saturated rings. The third-order valence-electron chi connectivity index (χ3n) is 3.67. The SMILES string of the molecule is N#CC(C1CCCCC1)C1CCCO1. The average Bonchev–Trinajstić information content (AvgIpc) is 2.74. The summed E-state index contributed by atoms with van der Waals surface area (Å²) >= 11 is 0. The van der Waals surface area contributed by atoms with Gasteiger partial charge in [0, 0.05) is 6.61 Å². The highest BCUT2D eigenvalue weighted by Gasteiger charge is 2.33. The highest BCUT2D eigenvalue weighted by molar-refractivity contribution is 4.95. The van der Waals surface area contributed by atoms with Gasteiger partial charge in [-0.25, -0.2) is 0 Å². The molecule has 2 nitrogen and oxygen atoms in total. The number of rotatable bonds is 2. The van der Waals surface area contributed by atoms with Crippen LogP contribution >= 0.6 is 0 Å². The van der Waals surface area contributed by atoms with Gasteiger partial charge in [0.05, 0.1) is 18.1 Å². The van der Waals surface area contributed by atoms with E-state index in [0.717, 1.165) is 19.4 Å². The van der Waals surface area contributed by atoms with Crippen LogP contribution in [-0.4, -0.2) is 12.7 Å². The van der Waals surface area contributed by atoms with Crippen LogP contribution in [0.4, 0.5) is 0 Å². The van der Waals surface area contributed by atoms with Crippen molar-refractivity contribution in [1.29, 1.82) is 5.26 Å². The first-order chi connectivity index (χ1) is 6.92. The zero-order valence-corrected chi connectivity index (χ0v) is 8.74. The number of nitriles is 1. The summed E-state index contributed by atoms with van der Waals surface area (Å²) in [5.74, 6) is 0.801. The van der Waals surface area contributed by atoms with E-state index in [2.05, 4.69) is 6.07 Å². The molecule has 1 aliphatic carbocycles. The Kier molecular flexibility index (Phi) is 3.42. The minimum atomic E-state index is 0.179. The fourth-order valence-corrected chi connectivity index (χ4v) is 2.87. The van der Waals surface area contributed by atoms with Crippen molar-refractivity contribution >= 4 is 0 Å². The summed E-state index contributed by atoms with van der Waals surface area (Å²) in [7, 11) is 0. The zero-order valence-electron chi connectivity index (χ0n) is 8.74. The van der Waals surface area contributed by atoms with E-state index in [1.807, 2.05) is 0 Å². The Morgan fingerprint density at radius 3 is 2.43 bits per heavy atom. The fraction of sp³-hybridized carbons (Fsp3) is 0.917. The third kappa shape index (κ3) is 2.09. The molecule has 14 heavy (non-hydrogen) atoms. The summed E-state index contributed by atoms with van der Waals surface area (Å²) in [6.45, 7) is 0.871. The summed E-state index contributed by atoms with van der Waals surface area (Å²) in [6, 6.07) is 2.49. The summed E-state index contributed by atoms with van der Waals surface area (Å²) < 4.78 is 5.64. The van der Waals surface area contributed by atoms with Crippen LogP contribution < -0.4 is 0 Å². The molecule has 1 heterocycles. The van der Waals surface area contributed by atoms with Crippen molar-refractivity contribution in [3.63, 3.8) is 0 Å². The first-order valence-electron chi connectivity index (χ1n) is 5.93. The van der Waals surface area contributed by atoms with E-state index in [4.69, 9.17) is 4.74 Å². The summed E-state index contributed by atoms with van der Waals surface area (Å²) in [6.07, 6.45) is 8.99. The molecule has 2 aliphatic rings. The van der Waals surface area contributed by atoms with Crippen LogP contribution in [0.5, 0.6) is 0 Å². The van der Waals surface area contributed by atoms with E-state index >= 15 is 0 Å². The van der Waals surface area contributed by atoms with Crippen molar-refractivity contribution in [2.75, 3.05) is 6.61 Å². The Morgan fingerprint density at radius 1 is 1.07 bits per heavy atom. The molecule has 2 atom stereocenters. The number of hydrogen-bond donors (Lipinski definition) is 0. The number of hydrogen-bond acceptors (Lipinski definition) is 2. The Labute approximate surface area is 86.2 Å². The van der Waals surface area contributed by atoms with Crippen molar-refractivity contribution in [3.8, 4) is 6.07 Å². The van der Waals surface area contributed by atoms with E-state index in [1.54, 1.807) is 0 Å². The van der Waals surface area contributed by atoms with Gasteiger partial charge in [-0.2, -0.15) is 5.26 Å². The second-order valence-electron chi connectivity index (χ2n) is 4.60. The molecule has 2 rings (SSSR count). The monoisotopic (exact) mass is 193 g/mol. The Hall–Kier alpha value is -0.550. The highest BCUT2D eigenvalue weighted by atomic mass is 16.5. The van der Waals surface area contributed by atoms with Crippen molar-refractivity contribution in [3.05, 3.63) is 0 Å². The van der Waals surface area contributed by atoms with Crippen molar-refractivity contribution in [2.24, 2.45) is 11.8 Å². The van der Waals surface area contributed by atoms with Gasteiger partial charge in [-0.3, -0.25) is 0 Å². The Bertz CT molecular complexity index is 209. The summed E-state index contributed by atoms with van der Waals surface area (Å²) in [5.41, 5.74) is 0. The van der Waals surface area contributed by atoms with Crippen molar-refractivity contribution in [1.82, 2.24) is 0 Å². The fourth-order valence-electron chi connectivity index (χ4n) is 2.87. The molecule has 1 aliphatic heterocycles. The minimum absolute atomic E-state index is 0.179. The molecule has 0 aromatic rings. The summed E-state index contributed by atoms with van der Waals surface area (Å²) in [5, 5.41) is 9.21. The van der Waals surface area contributed by atoms with Crippen molar-refractivity contribution < 1.29 is 4.74 Å². The molecule has 0 spiro atoms. The van der Waals surface area contributed by atoms with Gasteiger partial charge in [-0.15, -0.1) is 0 Å². The maximum absolute atomic E-state index is 9.21. The van der Waals surface area contributed by atoms with Gasteiger partial charge in [-0.1, -0.05) is 19.3 Å². The standard InChI is InChI=1S/C12H19NO/c13-9-11(12-7-4-8-14-12)10-5-2-1-3-6-10/h10-12H,1-8H2. The normalized spacial score (nSPS) is 31.2. The maximum atomic E-state index is 9.21. The van der Waals surface area contributed by atoms with Gasteiger partial charge in [0.15, 0.2) is 0 Å². The van der Waals surface area contributed by atoms with Crippen LogP contribution in [0.25, 0.3) is 0 Å². The van der Waals surface area contributed by atoms with E-state index in [-0.39, 0.29) is 12.0 Å². The molecule has 1 saturated carbocycles. The second kappa shape index (κ2) is 4.79. The van der Waals surface area contributed by atoms with E-state index in [0.29, 0.717) is 5.92 Å². The van der Waals surface area contributed by atoms with Crippen LogP contribution in [0, 0.1) is 23.2 Å². The largest absolute Gasteiger partial charge is 0.377 e.